The molecule has 1 aromatic heterocycles. The minimum Gasteiger partial charge on any atom is -0.330 e. The van der Waals surface area contributed by atoms with Crippen molar-refractivity contribution in [3.05, 3.63) is 17.0 Å². The summed E-state index contributed by atoms with van der Waals surface area (Å²) >= 11 is 1.37. The monoisotopic (exact) mass is 310 g/mol. The van der Waals surface area contributed by atoms with Gasteiger partial charge in [0.05, 0.1) is 0 Å². The molecule has 2 heterocycles. The molecule has 1 saturated heterocycles. The first-order valence-corrected chi connectivity index (χ1v) is 8.12. The lowest BCUT2D eigenvalue weighted by atomic mass is 10.1. The Balaban J connectivity index is 0.00000162. The highest BCUT2D eigenvalue weighted by Gasteiger charge is 2.32. The Morgan fingerprint density at radius 2 is 2.22 bits per heavy atom. The third kappa shape index (κ3) is 3.05. The van der Waals surface area contributed by atoms with Crippen LogP contribution in [0.15, 0.2) is 16.3 Å². The Hall–Kier alpha value is -0.140. The zero-order valence-electron chi connectivity index (χ0n) is 10.3. The topological polar surface area (TPSA) is 63.4 Å². The van der Waals surface area contributed by atoms with Crippen molar-refractivity contribution in [1.29, 1.82) is 0 Å². The number of hydrogen-bond acceptors (Lipinski definition) is 4. The predicted molar refractivity (Wildman–Crippen MR) is 76.9 cm³/mol. The number of halogens is 1. The van der Waals surface area contributed by atoms with Crippen LogP contribution in [0, 0.1) is 5.92 Å². The normalized spacial score (nSPS) is 20.9. The van der Waals surface area contributed by atoms with Crippen LogP contribution >= 0.6 is 23.7 Å². The summed E-state index contributed by atoms with van der Waals surface area (Å²) in [5.74, 6) is 0.315. The van der Waals surface area contributed by atoms with Gasteiger partial charge < -0.3 is 5.73 Å². The van der Waals surface area contributed by atoms with E-state index in [1.165, 1.54) is 11.3 Å². The molecule has 0 bridgehead atoms. The lowest BCUT2D eigenvalue weighted by molar-refractivity contribution is 0.460. The first kappa shape index (κ1) is 15.9. The first-order chi connectivity index (χ1) is 8.07. The summed E-state index contributed by atoms with van der Waals surface area (Å²) in [5.41, 5.74) is 5.58. The second-order valence-electron chi connectivity index (χ2n) is 4.33. The molecule has 2 N–H and O–H groups in total. The van der Waals surface area contributed by atoms with Crippen LogP contribution < -0.4 is 5.73 Å². The molecule has 1 aromatic rings. The van der Waals surface area contributed by atoms with E-state index in [2.05, 4.69) is 0 Å². The molecule has 0 saturated carbocycles. The largest absolute Gasteiger partial charge is 0.330 e. The zero-order valence-corrected chi connectivity index (χ0v) is 12.8. The Morgan fingerprint density at radius 3 is 2.72 bits per heavy atom. The van der Waals surface area contributed by atoms with Crippen LogP contribution in [0.1, 0.15) is 18.2 Å². The maximum atomic E-state index is 12.3. The van der Waals surface area contributed by atoms with Crippen molar-refractivity contribution < 1.29 is 8.42 Å². The molecule has 1 unspecified atom stereocenters. The van der Waals surface area contributed by atoms with Crippen LogP contribution in [0.2, 0.25) is 0 Å². The van der Waals surface area contributed by atoms with E-state index in [0.717, 1.165) is 17.7 Å². The molecule has 1 aliphatic heterocycles. The van der Waals surface area contributed by atoms with E-state index in [0.29, 0.717) is 29.8 Å². The molecule has 7 heteroatoms. The molecule has 4 nitrogen and oxygen atoms in total. The van der Waals surface area contributed by atoms with Crippen molar-refractivity contribution in [2.75, 3.05) is 19.6 Å². The van der Waals surface area contributed by atoms with Gasteiger partial charge in [0, 0.05) is 18.0 Å². The van der Waals surface area contributed by atoms with Gasteiger partial charge in [-0.2, -0.15) is 4.31 Å². The predicted octanol–water partition coefficient (Wildman–Crippen LogP) is 1.70. The lowest BCUT2D eigenvalue weighted by Crippen LogP contribution is -2.29. The number of rotatable bonds is 4. The maximum absolute atomic E-state index is 12.3. The van der Waals surface area contributed by atoms with Crippen molar-refractivity contribution in [3.63, 3.8) is 0 Å². The van der Waals surface area contributed by atoms with Crippen LogP contribution in [-0.2, 0) is 16.4 Å². The van der Waals surface area contributed by atoms with Crippen LogP contribution in [0.5, 0.6) is 0 Å². The van der Waals surface area contributed by atoms with Crippen LogP contribution in [0.4, 0.5) is 0 Å². The Labute approximate surface area is 119 Å². The third-order valence-corrected chi connectivity index (χ3v) is 6.72. The fourth-order valence-electron chi connectivity index (χ4n) is 2.02. The maximum Gasteiger partial charge on any atom is 0.252 e. The highest BCUT2D eigenvalue weighted by molar-refractivity contribution is 7.91. The molecule has 1 atom stereocenters. The summed E-state index contributed by atoms with van der Waals surface area (Å²) in [7, 11) is -3.27. The molecule has 1 aliphatic rings. The van der Waals surface area contributed by atoms with Crippen molar-refractivity contribution in [3.8, 4) is 0 Å². The van der Waals surface area contributed by atoms with E-state index < -0.39 is 10.0 Å². The van der Waals surface area contributed by atoms with Gasteiger partial charge in [0.2, 0.25) is 0 Å². The van der Waals surface area contributed by atoms with Crippen molar-refractivity contribution in [2.45, 2.75) is 24.0 Å². The third-order valence-electron chi connectivity index (χ3n) is 3.16. The number of hydrogen-bond donors (Lipinski definition) is 1. The Bertz CT molecular complexity index is 487. The van der Waals surface area contributed by atoms with Gasteiger partial charge in [-0.1, -0.05) is 6.92 Å². The molecular weight excluding hydrogens is 292 g/mol. The summed E-state index contributed by atoms with van der Waals surface area (Å²) in [6, 6.07) is 3.61. The summed E-state index contributed by atoms with van der Waals surface area (Å²) in [4.78, 5) is 1.11. The van der Waals surface area contributed by atoms with Gasteiger partial charge in [-0.05, 0) is 37.4 Å². The summed E-state index contributed by atoms with van der Waals surface area (Å²) in [6.07, 6.45) is 1.76. The van der Waals surface area contributed by atoms with E-state index in [-0.39, 0.29) is 12.4 Å². The van der Waals surface area contributed by atoms with Crippen molar-refractivity contribution in [1.82, 2.24) is 4.31 Å². The molecular formula is C11H19ClN2O2S2. The van der Waals surface area contributed by atoms with Gasteiger partial charge in [-0.3, -0.25) is 0 Å². The molecule has 0 spiro atoms. The number of nitrogens with zero attached hydrogens (tertiary/aromatic N) is 1. The van der Waals surface area contributed by atoms with Gasteiger partial charge in [0.1, 0.15) is 4.21 Å². The number of nitrogens with two attached hydrogens (primary N) is 1. The molecule has 0 aromatic carbocycles. The average Bonchev–Trinajstić information content (AvgIpc) is 2.98. The van der Waals surface area contributed by atoms with E-state index in [1.807, 2.05) is 13.0 Å². The molecule has 1 fully saturated rings. The lowest BCUT2D eigenvalue weighted by Gasteiger charge is -2.14. The minimum absolute atomic E-state index is 0. The number of aryl methyl sites for hydroxylation is 1. The van der Waals surface area contributed by atoms with Gasteiger partial charge >= 0.3 is 0 Å². The molecule has 0 aliphatic carbocycles. The Morgan fingerprint density at radius 1 is 1.50 bits per heavy atom. The summed E-state index contributed by atoms with van der Waals surface area (Å²) < 4.78 is 26.7. The Kier molecular flexibility index (Phi) is 5.61. The van der Waals surface area contributed by atoms with E-state index >= 15 is 0 Å². The van der Waals surface area contributed by atoms with Gasteiger partial charge in [-0.15, -0.1) is 23.7 Å². The minimum atomic E-state index is -3.27. The van der Waals surface area contributed by atoms with Gasteiger partial charge in [0.15, 0.2) is 0 Å². The fourth-order valence-corrected chi connectivity index (χ4v) is 5.00. The second-order valence-corrected chi connectivity index (χ2v) is 7.66. The quantitative estimate of drug-likeness (QED) is 0.920. The molecule has 2 rings (SSSR count). The number of sulfonamides is 1. The van der Waals surface area contributed by atoms with E-state index in [4.69, 9.17) is 5.73 Å². The van der Waals surface area contributed by atoms with E-state index in [9.17, 15) is 8.42 Å². The standard InChI is InChI=1S/C11H18N2O2S2.ClH/c1-2-10-3-4-11(16-10)17(14,15)13-6-5-9(7-12)8-13;/h3-4,9H,2,5-8,12H2,1H3;1H. The highest BCUT2D eigenvalue weighted by Crippen LogP contribution is 2.28. The first-order valence-electron chi connectivity index (χ1n) is 5.87. The second kappa shape index (κ2) is 6.34. The average molecular weight is 311 g/mol. The van der Waals surface area contributed by atoms with Crippen molar-refractivity contribution in [2.24, 2.45) is 11.7 Å². The molecule has 0 radical (unpaired) electrons. The molecule has 104 valence electrons. The van der Waals surface area contributed by atoms with Crippen LogP contribution in [0.3, 0.4) is 0 Å². The molecule has 0 amide bonds. The van der Waals surface area contributed by atoms with E-state index in [1.54, 1.807) is 10.4 Å². The number of thiophene rings is 1. The summed E-state index contributed by atoms with van der Waals surface area (Å²) in [5, 5.41) is 0. The molecule has 18 heavy (non-hydrogen) atoms. The van der Waals surface area contributed by atoms with Gasteiger partial charge in [-0.25, -0.2) is 8.42 Å². The van der Waals surface area contributed by atoms with Crippen LogP contribution in [0.25, 0.3) is 0 Å². The van der Waals surface area contributed by atoms with Crippen molar-refractivity contribution >= 4 is 33.8 Å². The fraction of sp³-hybridized carbons (Fsp3) is 0.636. The van der Waals surface area contributed by atoms with Gasteiger partial charge in [0.25, 0.3) is 10.0 Å². The zero-order chi connectivity index (χ0) is 12.5. The van der Waals surface area contributed by atoms with Crippen LogP contribution in [-0.4, -0.2) is 32.4 Å². The summed E-state index contributed by atoms with van der Waals surface area (Å²) in [6.45, 7) is 3.76. The smallest absolute Gasteiger partial charge is 0.252 e. The SMILES string of the molecule is CCc1ccc(S(=O)(=O)N2CCC(CN)C2)s1.Cl. The highest BCUT2D eigenvalue weighted by atomic mass is 35.5.